The lowest BCUT2D eigenvalue weighted by Gasteiger charge is -2.34. The van der Waals surface area contributed by atoms with Crippen LogP contribution in [0.4, 0.5) is 5.69 Å². The van der Waals surface area contributed by atoms with Crippen LogP contribution < -0.4 is 23.8 Å². The van der Waals surface area contributed by atoms with Gasteiger partial charge in [-0.25, -0.2) is 8.42 Å². The first-order valence-electron chi connectivity index (χ1n) is 15.6. The van der Waals surface area contributed by atoms with Gasteiger partial charge in [0.2, 0.25) is 11.8 Å². The molecule has 4 rings (SSSR count). The van der Waals surface area contributed by atoms with E-state index >= 15 is 0 Å². The van der Waals surface area contributed by atoms with E-state index in [1.807, 2.05) is 37.3 Å². The first-order chi connectivity index (χ1) is 23.9. The number of anilines is 1. The van der Waals surface area contributed by atoms with Crippen LogP contribution in [0.1, 0.15) is 24.5 Å². The number of halogens is 3. The zero-order chi connectivity index (χ0) is 36.4. The van der Waals surface area contributed by atoms with Gasteiger partial charge in [-0.3, -0.25) is 13.9 Å². The summed E-state index contributed by atoms with van der Waals surface area (Å²) in [5.74, 6) is -0.476. The van der Waals surface area contributed by atoms with Gasteiger partial charge in [-0.1, -0.05) is 78.1 Å². The van der Waals surface area contributed by atoms with Crippen molar-refractivity contribution in [1.29, 1.82) is 0 Å². The molecule has 0 aromatic heterocycles. The van der Waals surface area contributed by atoms with Gasteiger partial charge in [-0.15, -0.1) is 0 Å². The van der Waals surface area contributed by atoms with Gasteiger partial charge in [0.15, 0.2) is 11.5 Å². The Morgan fingerprint density at radius 1 is 0.780 bits per heavy atom. The van der Waals surface area contributed by atoms with Gasteiger partial charge in [-0.2, -0.15) is 0 Å². The molecule has 2 amide bonds. The Balaban J connectivity index is 1.89. The van der Waals surface area contributed by atoms with Crippen LogP contribution in [-0.2, 0) is 32.6 Å². The standard InChI is InChI=1S/C36H38Cl3N3O7S/c1-5-17-40-36(44)31(19-24-9-7-6-8-10-24)41(22-25-11-14-28(38)29(39)18-25)35(43)23-42(30-20-26(37)12-15-32(30)47-2)50(45,46)27-13-16-33(48-3)34(21-27)49-4/h6-16,18,20-21,31H,5,17,19,22-23H2,1-4H3,(H,40,44)/t31-/m0/s1. The number of nitrogens with one attached hydrogen (secondary N) is 1. The van der Waals surface area contributed by atoms with Crippen LogP contribution >= 0.6 is 34.8 Å². The van der Waals surface area contributed by atoms with Crippen molar-refractivity contribution < 1.29 is 32.2 Å². The molecule has 14 heteroatoms. The maximum Gasteiger partial charge on any atom is 0.265 e. The van der Waals surface area contributed by atoms with Gasteiger partial charge in [0.25, 0.3) is 10.0 Å². The highest BCUT2D eigenvalue weighted by Gasteiger charge is 2.36. The summed E-state index contributed by atoms with van der Waals surface area (Å²) in [7, 11) is -0.335. The molecule has 1 N–H and O–H groups in total. The maximum atomic E-state index is 14.7. The highest BCUT2D eigenvalue weighted by atomic mass is 35.5. The molecular formula is C36H38Cl3N3O7S. The number of hydrogen-bond donors (Lipinski definition) is 1. The van der Waals surface area contributed by atoms with Gasteiger partial charge < -0.3 is 24.4 Å². The summed E-state index contributed by atoms with van der Waals surface area (Å²) in [6.07, 6.45) is 0.808. The van der Waals surface area contributed by atoms with Crippen LogP contribution in [0.2, 0.25) is 15.1 Å². The number of amides is 2. The summed E-state index contributed by atoms with van der Waals surface area (Å²) in [5.41, 5.74) is 1.37. The van der Waals surface area contributed by atoms with E-state index in [1.54, 1.807) is 18.2 Å². The Morgan fingerprint density at radius 3 is 2.10 bits per heavy atom. The largest absolute Gasteiger partial charge is 0.495 e. The van der Waals surface area contributed by atoms with E-state index in [9.17, 15) is 18.0 Å². The number of benzene rings is 4. The lowest BCUT2D eigenvalue weighted by atomic mass is 10.0. The van der Waals surface area contributed by atoms with E-state index < -0.39 is 34.4 Å². The summed E-state index contributed by atoms with van der Waals surface area (Å²) in [5, 5.41) is 3.68. The quantitative estimate of drug-likeness (QED) is 0.130. The first kappa shape index (κ1) is 38.6. The van der Waals surface area contributed by atoms with Crippen LogP contribution in [0, 0.1) is 0 Å². The molecule has 0 bridgehead atoms. The summed E-state index contributed by atoms with van der Waals surface area (Å²) < 4.78 is 46.3. The molecule has 266 valence electrons. The fourth-order valence-corrected chi connectivity index (χ4v) is 7.15. The van der Waals surface area contributed by atoms with Gasteiger partial charge in [0, 0.05) is 30.6 Å². The normalized spacial score (nSPS) is 11.7. The monoisotopic (exact) mass is 761 g/mol. The van der Waals surface area contributed by atoms with E-state index in [0.29, 0.717) is 29.3 Å². The SMILES string of the molecule is CCCNC(=O)[C@H](Cc1ccccc1)N(Cc1ccc(Cl)c(Cl)c1)C(=O)CN(c1cc(Cl)ccc1OC)S(=O)(=O)c1ccc(OC)c(OC)c1. The third-order valence-electron chi connectivity index (χ3n) is 7.79. The molecule has 10 nitrogen and oxygen atoms in total. The van der Waals surface area contributed by atoms with Crippen molar-refractivity contribution in [2.45, 2.75) is 37.2 Å². The molecule has 0 aliphatic heterocycles. The van der Waals surface area contributed by atoms with Crippen molar-refractivity contribution in [3.05, 3.63) is 111 Å². The van der Waals surface area contributed by atoms with Crippen molar-refractivity contribution in [2.75, 3.05) is 38.7 Å². The molecular weight excluding hydrogens is 725 g/mol. The molecule has 1 atom stereocenters. The number of hydrogen-bond acceptors (Lipinski definition) is 7. The molecule has 4 aromatic carbocycles. The van der Waals surface area contributed by atoms with Crippen molar-refractivity contribution in [3.63, 3.8) is 0 Å². The number of carbonyl (C=O) groups excluding carboxylic acids is 2. The van der Waals surface area contributed by atoms with Gasteiger partial charge >= 0.3 is 0 Å². The van der Waals surface area contributed by atoms with Gasteiger partial charge in [0.05, 0.1) is 42.0 Å². The van der Waals surface area contributed by atoms with Crippen molar-refractivity contribution in [3.8, 4) is 17.2 Å². The number of methoxy groups -OCH3 is 3. The van der Waals surface area contributed by atoms with Crippen molar-refractivity contribution in [1.82, 2.24) is 10.2 Å². The maximum absolute atomic E-state index is 14.7. The minimum Gasteiger partial charge on any atom is -0.495 e. The molecule has 0 radical (unpaired) electrons. The number of ether oxygens (including phenoxy) is 3. The summed E-state index contributed by atoms with van der Waals surface area (Å²) >= 11 is 18.9. The Labute approximate surface area is 307 Å². The van der Waals surface area contributed by atoms with E-state index in [1.165, 1.54) is 62.6 Å². The molecule has 50 heavy (non-hydrogen) atoms. The van der Waals surface area contributed by atoms with Crippen LogP contribution in [0.3, 0.4) is 0 Å². The van der Waals surface area contributed by atoms with Crippen LogP contribution in [-0.4, -0.2) is 65.6 Å². The Hall–Kier alpha value is -4.16. The first-order valence-corrected chi connectivity index (χ1v) is 18.1. The number of nitrogens with zero attached hydrogens (tertiary/aromatic N) is 2. The molecule has 0 heterocycles. The molecule has 0 saturated carbocycles. The van der Waals surface area contributed by atoms with Crippen LogP contribution in [0.25, 0.3) is 0 Å². The number of rotatable bonds is 16. The van der Waals surface area contributed by atoms with E-state index in [2.05, 4.69) is 5.32 Å². The number of carbonyl (C=O) groups is 2. The third-order valence-corrected chi connectivity index (χ3v) is 10.5. The summed E-state index contributed by atoms with van der Waals surface area (Å²) in [4.78, 5) is 29.8. The third kappa shape index (κ3) is 9.33. The molecule has 0 fully saturated rings. The molecule has 0 aliphatic carbocycles. The van der Waals surface area contributed by atoms with Crippen molar-refractivity contribution in [2.24, 2.45) is 0 Å². The summed E-state index contributed by atoms with van der Waals surface area (Å²) in [6, 6.07) is 21.6. The topological polar surface area (TPSA) is 114 Å². The van der Waals surface area contributed by atoms with E-state index in [0.717, 1.165) is 9.87 Å². The average molecular weight is 763 g/mol. The lowest BCUT2D eigenvalue weighted by molar-refractivity contribution is -0.140. The highest BCUT2D eigenvalue weighted by Crippen LogP contribution is 2.37. The molecule has 4 aromatic rings. The minimum absolute atomic E-state index is 0.00710. The second kappa shape index (κ2) is 17.7. The molecule has 0 spiro atoms. The van der Waals surface area contributed by atoms with Crippen LogP contribution in [0.15, 0.2) is 89.8 Å². The van der Waals surface area contributed by atoms with Gasteiger partial charge in [-0.05, 0) is 60.0 Å². The Bertz CT molecular complexity index is 1910. The second-order valence-corrected chi connectivity index (χ2v) is 14.2. The molecule has 0 unspecified atom stereocenters. The Morgan fingerprint density at radius 2 is 1.46 bits per heavy atom. The Kier molecular flexibility index (Phi) is 13.7. The van der Waals surface area contributed by atoms with E-state index in [4.69, 9.17) is 49.0 Å². The van der Waals surface area contributed by atoms with E-state index in [-0.39, 0.29) is 45.1 Å². The van der Waals surface area contributed by atoms with Gasteiger partial charge in [0.1, 0.15) is 18.3 Å². The fourth-order valence-electron chi connectivity index (χ4n) is 5.23. The smallest absolute Gasteiger partial charge is 0.265 e. The number of sulfonamides is 1. The lowest BCUT2D eigenvalue weighted by Crippen LogP contribution is -2.53. The molecule has 0 saturated heterocycles. The highest BCUT2D eigenvalue weighted by molar-refractivity contribution is 7.92. The fraction of sp³-hybridized carbons (Fsp3) is 0.278. The zero-order valence-corrected chi connectivity index (χ0v) is 31.1. The summed E-state index contributed by atoms with van der Waals surface area (Å²) in [6.45, 7) is 1.46. The zero-order valence-electron chi connectivity index (χ0n) is 28.0. The van der Waals surface area contributed by atoms with Crippen LogP contribution in [0.5, 0.6) is 17.2 Å². The predicted octanol–water partition coefficient (Wildman–Crippen LogP) is 7.03. The average Bonchev–Trinajstić information content (AvgIpc) is 3.12. The minimum atomic E-state index is -4.52. The van der Waals surface area contributed by atoms with Crippen molar-refractivity contribution >= 4 is 62.3 Å². The molecule has 0 aliphatic rings. The second-order valence-electron chi connectivity index (χ2n) is 11.1. The predicted molar refractivity (Wildman–Crippen MR) is 196 cm³/mol.